The van der Waals surface area contributed by atoms with E-state index in [4.69, 9.17) is 11.6 Å². The predicted octanol–water partition coefficient (Wildman–Crippen LogP) is 3.67. The summed E-state index contributed by atoms with van der Waals surface area (Å²) >= 11 is 5.86. The third-order valence-electron chi connectivity index (χ3n) is 2.34. The van der Waals surface area contributed by atoms with Crippen LogP contribution < -0.4 is 0 Å². The summed E-state index contributed by atoms with van der Waals surface area (Å²) in [4.78, 5) is 11.7. The monoisotopic (exact) mass is 210 g/mol. The lowest BCUT2D eigenvalue weighted by molar-refractivity contribution is -0.123. The molecule has 1 aromatic carbocycles. The fourth-order valence-corrected chi connectivity index (χ4v) is 1.64. The van der Waals surface area contributed by atoms with Gasteiger partial charge in [-0.2, -0.15) is 0 Å². The van der Waals surface area contributed by atoms with Gasteiger partial charge in [0, 0.05) is 16.9 Å². The highest BCUT2D eigenvalue weighted by atomic mass is 35.5. The Morgan fingerprint density at radius 1 is 1.29 bits per heavy atom. The molecule has 1 atom stereocenters. The number of ketones is 1. The largest absolute Gasteiger partial charge is 0.299 e. The van der Waals surface area contributed by atoms with Gasteiger partial charge < -0.3 is 0 Å². The van der Waals surface area contributed by atoms with Crippen molar-refractivity contribution in [3.05, 3.63) is 34.9 Å². The normalized spacial score (nSPS) is 12.9. The molecule has 0 bridgehead atoms. The Kier molecular flexibility index (Phi) is 3.70. The molecule has 0 fully saturated rings. The number of carbonyl (C=O) groups is 1. The van der Waals surface area contributed by atoms with Crippen molar-refractivity contribution in [2.45, 2.75) is 26.7 Å². The van der Waals surface area contributed by atoms with Gasteiger partial charge in [-0.15, -0.1) is 0 Å². The molecule has 0 heterocycles. The zero-order chi connectivity index (χ0) is 10.7. The van der Waals surface area contributed by atoms with Gasteiger partial charge in [0.15, 0.2) is 0 Å². The molecule has 14 heavy (non-hydrogen) atoms. The van der Waals surface area contributed by atoms with Crippen molar-refractivity contribution in [3.63, 3.8) is 0 Å². The molecule has 0 saturated carbocycles. The topological polar surface area (TPSA) is 17.1 Å². The molecule has 0 saturated heterocycles. The molecule has 1 nitrogen and oxygen atoms in total. The van der Waals surface area contributed by atoms with Crippen LogP contribution in [0.25, 0.3) is 0 Å². The molecule has 0 aromatic heterocycles. The Hall–Kier alpha value is -0.820. The molecular formula is C12H15ClO. The summed E-state index contributed by atoms with van der Waals surface area (Å²) in [7, 11) is 0. The second kappa shape index (κ2) is 4.61. The highest BCUT2D eigenvalue weighted by Crippen LogP contribution is 2.22. The van der Waals surface area contributed by atoms with E-state index in [1.807, 2.05) is 45.0 Å². The van der Waals surface area contributed by atoms with Crippen molar-refractivity contribution in [1.82, 2.24) is 0 Å². The SMILES string of the molecule is CC(C)C(=O)C(C)c1cccc(Cl)c1. The zero-order valence-electron chi connectivity index (χ0n) is 8.75. The van der Waals surface area contributed by atoms with E-state index in [0.29, 0.717) is 5.02 Å². The van der Waals surface area contributed by atoms with E-state index >= 15 is 0 Å². The second-order valence-electron chi connectivity index (χ2n) is 3.83. The summed E-state index contributed by atoms with van der Waals surface area (Å²) in [6.45, 7) is 5.76. The highest BCUT2D eigenvalue weighted by molar-refractivity contribution is 6.30. The zero-order valence-corrected chi connectivity index (χ0v) is 9.51. The van der Waals surface area contributed by atoms with Gasteiger partial charge in [-0.25, -0.2) is 0 Å². The molecule has 0 amide bonds. The maximum absolute atomic E-state index is 11.7. The van der Waals surface area contributed by atoms with Gasteiger partial charge in [0.1, 0.15) is 5.78 Å². The van der Waals surface area contributed by atoms with E-state index in [9.17, 15) is 4.79 Å². The average Bonchev–Trinajstić information content (AvgIpc) is 2.15. The van der Waals surface area contributed by atoms with E-state index < -0.39 is 0 Å². The van der Waals surface area contributed by atoms with Gasteiger partial charge in [-0.1, -0.05) is 44.5 Å². The number of carbonyl (C=O) groups excluding carboxylic acids is 1. The minimum absolute atomic E-state index is 0.0614. The smallest absolute Gasteiger partial charge is 0.142 e. The first-order valence-corrected chi connectivity index (χ1v) is 5.19. The summed E-state index contributed by atoms with van der Waals surface area (Å²) in [5.41, 5.74) is 0.996. The minimum atomic E-state index is -0.0614. The Morgan fingerprint density at radius 2 is 1.93 bits per heavy atom. The van der Waals surface area contributed by atoms with Crippen LogP contribution in [0, 0.1) is 5.92 Å². The maximum Gasteiger partial charge on any atom is 0.142 e. The second-order valence-corrected chi connectivity index (χ2v) is 4.27. The number of halogens is 1. The van der Waals surface area contributed by atoms with Gasteiger partial charge in [0.2, 0.25) is 0 Å². The summed E-state index contributed by atoms with van der Waals surface area (Å²) < 4.78 is 0. The van der Waals surface area contributed by atoms with Crippen LogP contribution in [0.3, 0.4) is 0 Å². The molecule has 1 aromatic rings. The van der Waals surface area contributed by atoms with Crippen molar-refractivity contribution in [2.75, 3.05) is 0 Å². The molecule has 0 aliphatic heterocycles. The van der Waals surface area contributed by atoms with Crippen molar-refractivity contribution >= 4 is 17.4 Å². The molecule has 0 N–H and O–H groups in total. The highest BCUT2D eigenvalue weighted by Gasteiger charge is 2.17. The Balaban J connectivity index is 2.89. The number of benzene rings is 1. The van der Waals surface area contributed by atoms with Crippen LogP contribution in [-0.4, -0.2) is 5.78 Å². The lowest BCUT2D eigenvalue weighted by Gasteiger charge is -2.13. The summed E-state index contributed by atoms with van der Waals surface area (Å²) in [6, 6.07) is 7.49. The molecule has 1 unspecified atom stereocenters. The van der Waals surface area contributed by atoms with Crippen molar-refractivity contribution in [3.8, 4) is 0 Å². The first-order chi connectivity index (χ1) is 6.52. The van der Waals surface area contributed by atoms with E-state index in [2.05, 4.69) is 0 Å². The lowest BCUT2D eigenvalue weighted by atomic mass is 9.91. The quantitative estimate of drug-likeness (QED) is 0.744. The van der Waals surface area contributed by atoms with E-state index in [-0.39, 0.29) is 17.6 Å². The fraction of sp³-hybridized carbons (Fsp3) is 0.417. The molecule has 0 aliphatic carbocycles. The van der Waals surface area contributed by atoms with Crippen LogP contribution in [0.2, 0.25) is 5.02 Å². The molecule has 0 radical (unpaired) electrons. The summed E-state index contributed by atoms with van der Waals surface area (Å²) in [5.74, 6) is 0.268. The molecule has 1 rings (SSSR count). The van der Waals surface area contributed by atoms with Crippen LogP contribution in [0.5, 0.6) is 0 Å². The molecule has 0 spiro atoms. The first-order valence-electron chi connectivity index (χ1n) is 4.81. The molecule has 2 heteroatoms. The standard InChI is InChI=1S/C12H15ClO/c1-8(2)12(14)9(3)10-5-4-6-11(13)7-10/h4-9H,1-3H3. The van der Waals surface area contributed by atoms with Gasteiger partial charge >= 0.3 is 0 Å². The Morgan fingerprint density at radius 3 is 2.43 bits per heavy atom. The van der Waals surface area contributed by atoms with Gasteiger partial charge in [-0.3, -0.25) is 4.79 Å². The molecule has 76 valence electrons. The van der Waals surface area contributed by atoms with Crippen LogP contribution in [0.4, 0.5) is 0 Å². The van der Waals surface area contributed by atoms with Crippen LogP contribution >= 0.6 is 11.6 Å². The van der Waals surface area contributed by atoms with Crippen molar-refractivity contribution in [1.29, 1.82) is 0 Å². The fourth-order valence-electron chi connectivity index (χ4n) is 1.44. The average molecular weight is 211 g/mol. The van der Waals surface area contributed by atoms with E-state index in [1.165, 1.54) is 0 Å². The van der Waals surface area contributed by atoms with Gasteiger partial charge in [0.05, 0.1) is 0 Å². The van der Waals surface area contributed by atoms with Crippen molar-refractivity contribution < 1.29 is 4.79 Å². The summed E-state index contributed by atoms with van der Waals surface area (Å²) in [6.07, 6.45) is 0. The van der Waals surface area contributed by atoms with Gasteiger partial charge in [-0.05, 0) is 17.7 Å². The molecular weight excluding hydrogens is 196 g/mol. The van der Waals surface area contributed by atoms with Crippen LogP contribution in [-0.2, 0) is 4.79 Å². The van der Waals surface area contributed by atoms with Crippen molar-refractivity contribution in [2.24, 2.45) is 5.92 Å². The number of Topliss-reactive ketones (excluding diaryl/α,β-unsaturated/α-hetero) is 1. The minimum Gasteiger partial charge on any atom is -0.299 e. The number of rotatable bonds is 3. The Bertz CT molecular complexity index is 331. The predicted molar refractivity (Wildman–Crippen MR) is 59.7 cm³/mol. The Labute approximate surface area is 90.1 Å². The summed E-state index contributed by atoms with van der Waals surface area (Å²) in [5, 5.41) is 0.686. The lowest BCUT2D eigenvalue weighted by Crippen LogP contribution is -2.15. The number of hydrogen-bond acceptors (Lipinski definition) is 1. The van der Waals surface area contributed by atoms with Gasteiger partial charge in [0.25, 0.3) is 0 Å². The first kappa shape index (κ1) is 11.3. The van der Waals surface area contributed by atoms with E-state index in [1.54, 1.807) is 0 Å². The van der Waals surface area contributed by atoms with Crippen LogP contribution in [0.15, 0.2) is 24.3 Å². The third-order valence-corrected chi connectivity index (χ3v) is 2.58. The van der Waals surface area contributed by atoms with E-state index in [0.717, 1.165) is 5.56 Å². The maximum atomic E-state index is 11.7. The van der Waals surface area contributed by atoms with Crippen LogP contribution in [0.1, 0.15) is 32.3 Å². The third kappa shape index (κ3) is 2.58. The molecule has 0 aliphatic rings. The number of hydrogen-bond donors (Lipinski definition) is 0.